The Hall–Kier alpha value is -0.950. The van der Waals surface area contributed by atoms with Crippen molar-refractivity contribution in [1.82, 2.24) is 9.88 Å². The van der Waals surface area contributed by atoms with Gasteiger partial charge in [0, 0.05) is 24.0 Å². The minimum absolute atomic E-state index is 0.000414. The number of aromatic nitrogens is 1. The van der Waals surface area contributed by atoms with E-state index in [1.807, 2.05) is 29.3 Å². The van der Waals surface area contributed by atoms with Crippen LogP contribution in [0.4, 0.5) is 0 Å². The van der Waals surface area contributed by atoms with Crippen LogP contribution in [0.1, 0.15) is 30.3 Å². The highest BCUT2D eigenvalue weighted by atomic mass is 35.5. The summed E-state index contributed by atoms with van der Waals surface area (Å²) in [6.45, 7) is 2.75. The van der Waals surface area contributed by atoms with E-state index in [1.165, 1.54) is 22.7 Å². The lowest BCUT2D eigenvalue weighted by Gasteiger charge is -2.35. The molecule has 0 bridgehead atoms. The van der Waals surface area contributed by atoms with Crippen molar-refractivity contribution < 1.29 is 4.79 Å². The van der Waals surface area contributed by atoms with Gasteiger partial charge in [0.05, 0.1) is 9.21 Å². The molecule has 1 fully saturated rings. The third-order valence-electron chi connectivity index (χ3n) is 3.68. The number of likely N-dealkylation sites (tertiary alicyclic amines) is 1. The van der Waals surface area contributed by atoms with Crippen LogP contribution in [0.15, 0.2) is 17.5 Å². The standard InChI is InChI=1S/C14H16ClN3OS2/c1-8-6-9(16)4-5-18(8)14(19)10-7-20-13(17-10)11-2-3-12(15)21-11/h2-3,7-9H,4-6,16H2,1H3/t8-,9-/m0/s1. The minimum Gasteiger partial charge on any atom is -0.334 e. The number of nitrogens with zero attached hydrogens (tertiary/aromatic N) is 2. The fraction of sp³-hybridized carbons (Fsp3) is 0.429. The Kier molecular flexibility index (Phi) is 4.31. The zero-order valence-corrected chi connectivity index (χ0v) is 14.0. The first-order valence-electron chi connectivity index (χ1n) is 6.82. The molecule has 1 aliphatic heterocycles. The molecular weight excluding hydrogens is 326 g/mol. The van der Waals surface area contributed by atoms with Gasteiger partial charge in [-0.15, -0.1) is 22.7 Å². The summed E-state index contributed by atoms with van der Waals surface area (Å²) in [6, 6.07) is 4.15. The first kappa shape index (κ1) is 15.0. The molecule has 0 aliphatic carbocycles. The van der Waals surface area contributed by atoms with Crippen LogP contribution in [-0.2, 0) is 0 Å². The molecule has 2 aromatic heterocycles. The summed E-state index contributed by atoms with van der Waals surface area (Å²) in [5.41, 5.74) is 6.46. The quantitative estimate of drug-likeness (QED) is 0.909. The molecule has 112 valence electrons. The van der Waals surface area contributed by atoms with Gasteiger partial charge in [0.2, 0.25) is 0 Å². The topological polar surface area (TPSA) is 59.2 Å². The fourth-order valence-corrected chi connectivity index (χ4v) is 4.48. The van der Waals surface area contributed by atoms with E-state index in [0.29, 0.717) is 12.2 Å². The van der Waals surface area contributed by atoms with Gasteiger partial charge in [-0.3, -0.25) is 4.79 Å². The second-order valence-corrected chi connectivity index (χ2v) is 7.85. The van der Waals surface area contributed by atoms with E-state index < -0.39 is 0 Å². The summed E-state index contributed by atoms with van der Waals surface area (Å²) >= 11 is 8.90. The molecule has 0 spiro atoms. The number of piperidine rings is 1. The molecule has 0 saturated carbocycles. The normalized spacial score (nSPS) is 22.5. The van der Waals surface area contributed by atoms with Crippen molar-refractivity contribution in [2.24, 2.45) is 5.73 Å². The summed E-state index contributed by atoms with van der Waals surface area (Å²) in [6.07, 6.45) is 1.71. The zero-order valence-electron chi connectivity index (χ0n) is 11.6. The Morgan fingerprint density at radius 1 is 1.52 bits per heavy atom. The molecule has 21 heavy (non-hydrogen) atoms. The van der Waals surface area contributed by atoms with Gasteiger partial charge < -0.3 is 10.6 Å². The van der Waals surface area contributed by atoms with Gasteiger partial charge in [-0.05, 0) is 31.9 Å². The van der Waals surface area contributed by atoms with Crippen LogP contribution in [0.25, 0.3) is 9.88 Å². The summed E-state index contributed by atoms with van der Waals surface area (Å²) in [7, 11) is 0. The van der Waals surface area contributed by atoms with E-state index in [-0.39, 0.29) is 18.0 Å². The third kappa shape index (κ3) is 3.13. The second kappa shape index (κ2) is 6.04. The first-order valence-corrected chi connectivity index (χ1v) is 8.90. The van der Waals surface area contributed by atoms with Gasteiger partial charge in [0.15, 0.2) is 0 Å². The Balaban J connectivity index is 1.78. The van der Waals surface area contributed by atoms with Crippen molar-refractivity contribution in [1.29, 1.82) is 0 Å². The van der Waals surface area contributed by atoms with Gasteiger partial charge in [-0.2, -0.15) is 0 Å². The minimum atomic E-state index is -0.000414. The third-order valence-corrected chi connectivity index (χ3v) is 5.93. The van der Waals surface area contributed by atoms with Crippen LogP contribution in [0.3, 0.4) is 0 Å². The highest BCUT2D eigenvalue weighted by Gasteiger charge is 2.29. The monoisotopic (exact) mass is 341 g/mol. The highest BCUT2D eigenvalue weighted by molar-refractivity contribution is 7.23. The molecule has 3 heterocycles. The van der Waals surface area contributed by atoms with Gasteiger partial charge >= 0.3 is 0 Å². The van der Waals surface area contributed by atoms with Gasteiger partial charge in [-0.1, -0.05) is 11.6 Å². The Bertz CT molecular complexity index is 654. The van der Waals surface area contributed by atoms with Gasteiger partial charge in [0.1, 0.15) is 10.7 Å². The fourth-order valence-electron chi connectivity index (χ4n) is 2.57. The highest BCUT2D eigenvalue weighted by Crippen LogP contribution is 2.33. The number of halogens is 1. The molecule has 1 saturated heterocycles. The van der Waals surface area contributed by atoms with Crippen LogP contribution in [0.2, 0.25) is 4.34 Å². The summed E-state index contributed by atoms with van der Waals surface area (Å²) in [4.78, 5) is 19.9. The van der Waals surface area contributed by atoms with Gasteiger partial charge in [0.25, 0.3) is 5.91 Å². The number of hydrogen-bond acceptors (Lipinski definition) is 5. The molecular formula is C14H16ClN3OS2. The van der Waals surface area contributed by atoms with Crippen LogP contribution < -0.4 is 5.73 Å². The average Bonchev–Trinajstić information content (AvgIpc) is 3.06. The maximum absolute atomic E-state index is 12.6. The predicted octanol–water partition coefficient (Wildman–Crippen LogP) is 3.48. The second-order valence-electron chi connectivity index (χ2n) is 5.27. The number of hydrogen-bond donors (Lipinski definition) is 1. The number of amides is 1. The molecule has 1 aliphatic rings. The lowest BCUT2D eigenvalue weighted by molar-refractivity contribution is 0.0614. The molecule has 2 aromatic rings. The number of carbonyl (C=O) groups excluding carboxylic acids is 1. The molecule has 2 atom stereocenters. The Morgan fingerprint density at radius 2 is 2.33 bits per heavy atom. The summed E-state index contributed by atoms with van der Waals surface area (Å²) in [5.74, 6) is -0.000414. The van der Waals surface area contributed by atoms with Crippen LogP contribution in [0.5, 0.6) is 0 Å². The smallest absolute Gasteiger partial charge is 0.273 e. The average molecular weight is 342 g/mol. The van der Waals surface area contributed by atoms with E-state index >= 15 is 0 Å². The molecule has 0 unspecified atom stereocenters. The van der Waals surface area contributed by atoms with Gasteiger partial charge in [-0.25, -0.2) is 4.98 Å². The Labute approximate surface area is 136 Å². The number of thiophene rings is 1. The van der Waals surface area contributed by atoms with Crippen molar-refractivity contribution in [3.63, 3.8) is 0 Å². The van der Waals surface area contributed by atoms with Crippen LogP contribution in [-0.4, -0.2) is 34.4 Å². The number of rotatable bonds is 2. The van der Waals surface area contributed by atoms with Crippen molar-refractivity contribution in [2.75, 3.05) is 6.54 Å². The summed E-state index contributed by atoms with van der Waals surface area (Å²) in [5, 5.41) is 2.67. The number of thiazole rings is 1. The van der Waals surface area contributed by atoms with Crippen LogP contribution >= 0.6 is 34.3 Å². The maximum Gasteiger partial charge on any atom is 0.273 e. The van der Waals surface area contributed by atoms with E-state index in [0.717, 1.165) is 27.1 Å². The van der Waals surface area contributed by atoms with Crippen molar-refractivity contribution in [3.8, 4) is 9.88 Å². The molecule has 0 aromatic carbocycles. The van der Waals surface area contributed by atoms with E-state index in [9.17, 15) is 4.79 Å². The first-order chi connectivity index (χ1) is 10.0. The Morgan fingerprint density at radius 3 is 3.00 bits per heavy atom. The predicted molar refractivity (Wildman–Crippen MR) is 88.1 cm³/mol. The molecule has 0 radical (unpaired) electrons. The van der Waals surface area contributed by atoms with E-state index in [4.69, 9.17) is 17.3 Å². The molecule has 4 nitrogen and oxygen atoms in total. The lowest BCUT2D eigenvalue weighted by atomic mass is 9.99. The number of nitrogens with two attached hydrogens (primary N) is 1. The van der Waals surface area contributed by atoms with E-state index in [1.54, 1.807) is 0 Å². The molecule has 2 N–H and O–H groups in total. The van der Waals surface area contributed by atoms with Crippen molar-refractivity contribution in [2.45, 2.75) is 31.8 Å². The largest absolute Gasteiger partial charge is 0.334 e. The zero-order chi connectivity index (χ0) is 15.0. The van der Waals surface area contributed by atoms with Crippen LogP contribution in [0, 0.1) is 0 Å². The molecule has 3 rings (SSSR count). The van der Waals surface area contributed by atoms with Crippen molar-refractivity contribution >= 4 is 40.2 Å². The van der Waals surface area contributed by atoms with Crippen molar-refractivity contribution in [3.05, 3.63) is 27.5 Å². The maximum atomic E-state index is 12.6. The molecule has 1 amide bonds. The summed E-state index contributed by atoms with van der Waals surface area (Å²) < 4.78 is 0.728. The van der Waals surface area contributed by atoms with E-state index in [2.05, 4.69) is 4.98 Å². The number of carbonyl (C=O) groups is 1. The lowest BCUT2D eigenvalue weighted by Crippen LogP contribution is -2.48. The SMILES string of the molecule is C[C@H]1C[C@@H](N)CCN1C(=O)c1csc(-c2ccc(Cl)s2)n1. The molecule has 7 heteroatoms.